The fraction of sp³-hybridized carbons (Fsp3) is 0.581. The van der Waals surface area contributed by atoms with Gasteiger partial charge in [0.15, 0.2) is 5.76 Å². The van der Waals surface area contributed by atoms with Crippen molar-refractivity contribution in [2.45, 2.75) is 64.6 Å². The summed E-state index contributed by atoms with van der Waals surface area (Å²) in [6.45, 7) is 4.00. The largest absolute Gasteiger partial charge is 0.445 e. The van der Waals surface area contributed by atoms with Crippen molar-refractivity contribution in [3.8, 4) is 0 Å². The number of nitrogens with one attached hydrogen (secondary N) is 3. The number of fused-ring (bicyclic) bond motifs is 2. The van der Waals surface area contributed by atoms with Crippen LogP contribution in [0, 0.1) is 18.8 Å². The highest BCUT2D eigenvalue weighted by molar-refractivity contribution is 5.99. The van der Waals surface area contributed by atoms with Gasteiger partial charge in [-0.3, -0.25) is 14.4 Å². The molecule has 3 heterocycles. The van der Waals surface area contributed by atoms with Crippen molar-refractivity contribution in [3.63, 3.8) is 0 Å². The van der Waals surface area contributed by atoms with Crippen molar-refractivity contribution in [1.29, 1.82) is 0 Å². The van der Waals surface area contributed by atoms with Crippen LogP contribution in [0.5, 0.6) is 0 Å². The second-order valence-corrected chi connectivity index (χ2v) is 11.7. The van der Waals surface area contributed by atoms with E-state index in [9.17, 15) is 19.2 Å². The normalized spacial score (nSPS) is 21.9. The van der Waals surface area contributed by atoms with E-state index in [1.807, 2.05) is 44.4 Å². The highest BCUT2D eigenvalue weighted by Crippen LogP contribution is 2.30. The molecule has 0 bridgehead atoms. The molecule has 3 atom stereocenters. The van der Waals surface area contributed by atoms with Crippen LogP contribution in [0.2, 0.25) is 0 Å². The molecule has 12 nitrogen and oxygen atoms in total. The first-order valence-corrected chi connectivity index (χ1v) is 15.1. The molecule has 0 saturated carbocycles. The fourth-order valence-electron chi connectivity index (χ4n) is 5.75. The molecule has 0 unspecified atom stereocenters. The second-order valence-electron chi connectivity index (χ2n) is 11.7. The zero-order chi connectivity index (χ0) is 30.8. The summed E-state index contributed by atoms with van der Waals surface area (Å²) in [5.74, 6) is -0.651. The monoisotopic (exact) mass is 596 g/mol. The van der Waals surface area contributed by atoms with E-state index in [-0.39, 0.29) is 60.6 Å². The van der Waals surface area contributed by atoms with Crippen LogP contribution in [-0.4, -0.2) is 85.1 Å². The number of hydrogen-bond acceptors (Lipinski definition) is 8. The van der Waals surface area contributed by atoms with Crippen LogP contribution in [0.1, 0.15) is 65.9 Å². The number of aromatic nitrogens is 1. The van der Waals surface area contributed by atoms with Crippen LogP contribution in [0.15, 0.2) is 34.9 Å². The smallest absolute Gasteiger partial charge is 0.410 e. The molecule has 1 aromatic heterocycles. The number of likely N-dealkylation sites (tertiary alicyclic amines) is 1. The van der Waals surface area contributed by atoms with Gasteiger partial charge in [-0.15, -0.1) is 0 Å². The lowest BCUT2D eigenvalue weighted by Gasteiger charge is -2.38. The topological polar surface area (TPSA) is 146 Å². The third-order valence-corrected chi connectivity index (χ3v) is 8.19. The highest BCUT2D eigenvalue weighted by atomic mass is 16.6. The van der Waals surface area contributed by atoms with Gasteiger partial charge >= 0.3 is 6.09 Å². The molecular formula is C31H44N6O6. The summed E-state index contributed by atoms with van der Waals surface area (Å²) >= 11 is 0. The van der Waals surface area contributed by atoms with Gasteiger partial charge in [-0.05, 0) is 77.1 Å². The number of aryl methyl sites for hydroxylation is 1. The van der Waals surface area contributed by atoms with Crippen LogP contribution >= 0.6 is 0 Å². The van der Waals surface area contributed by atoms with Gasteiger partial charge in [0.2, 0.25) is 11.8 Å². The average Bonchev–Trinajstić information content (AvgIpc) is 3.37. The van der Waals surface area contributed by atoms with Crippen molar-refractivity contribution in [2.24, 2.45) is 11.8 Å². The maximum atomic E-state index is 13.3. The lowest BCUT2D eigenvalue weighted by Crippen LogP contribution is -2.48. The SMILES string of the molecule is Cc1noc2c1C(=O)N[C@@H](CCCCN(C)C)C(=O)NCC[C@H]1CN(C(=O)OCc3ccccc3)CC[C@H]1CC(=O)NC2. The van der Waals surface area contributed by atoms with E-state index < -0.39 is 11.9 Å². The second kappa shape index (κ2) is 15.5. The highest BCUT2D eigenvalue weighted by Gasteiger charge is 2.34. The van der Waals surface area contributed by atoms with Crippen molar-refractivity contribution in [3.05, 3.63) is 52.9 Å². The van der Waals surface area contributed by atoms with Gasteiger partial charge in [0.25, 0.3) is 5.91 Å². The molecule has 2 aromatic rings. The minimum atomic E-state index is -0.733. The Morgan fingerprint density at radius 3 is 2.65 bits per heavy atom. The number of nitrogens with zero attached hydrogens (tertiary/aromatic N) is 3. The standard InChI is InChI=1S/C31H44N6O6/c1-21-28-26(43-35-21)18-33-27(38)17-23-13-16-37(31(41)42-20-22-9-5-4-6-10-22)19-24(23)12-14-32-29(39)25(34-30(28)40)11-7-8-15-36(2)3/h4-6,9-10,23-25H,7-8,11-20H2,1-3H3,(H,32,39)(H,33,38)(H,34,40)/t23-,24-,25-/m0/s1. The molecule has 0 radical (unpaired) electrons. The lowest BCUT2D eigenvalue weighted by atomic mass is 9.81. The van der Waals surface area contributed by atoms with Gasteiger partial charge in [-0.25, -0.2) is 4.79 Å². The average molecular weight is 597 g/mol. The molecule has 2 aliphatic rings. The Kier molecular flexibility index (Phi) is 11.5. The zero-order valence-electron chi connectivity index (χ0n) is 25.4. The van der Waals surface area contributed by atoms with E-state index >= 15 is 0 Å². The van der Waals surface area contributed by atoms with Crippen LogP contribution in [-0.2, 0) is 27.5 Å². The maximum absolute atomic E-state index is 13.3. The van der Waals surface area contributed by atoms with E-state index in [1.54, 1.807) is 11.8 Å². The molecule has 12 heteroatoms. The number of piperidine rings is 1. The predicted molar refractivity (Wildman–Crippen MR) is 159 cm³/mol. The summed E-state index contributed by atoms with van der Waals surface area (Å²) in [5, 5.41) is 12.7. The van der Waals surface area contributed by atoms with Crippen LogP contribution in [0.3, 0.4) is 0 Å². The van der Waals surface area contributed by atoms with Crippen LogP contribution in [0.4, 0.5) is 4.79 Å². The molecule has 0 aliphatic carbocycles. The number of ether oxygens (including phenoxy) is 1. The molecule has 234 valence electrons. The Labute approximate surface area is 252 Å². The van der Waals surface area contributed by atoms with Gasteiger partial charge < -0.3 is 35.0 Å². The van der Waals surface area contributed by atoms with E-state index in [0.29, 0.717) is 44.6 Å². The van der Waals surface area contributed by atoms with Gasteiger partial charge in [0.05, 0.1) is 12.2 Å². The number of amides is 4. The Morgan fingerprint density at radius 2 is 1.88 bits per heavy atom. The first-order chi connectivity index (χ1) is 20.7. The Morgan fingerprint density at radius 1 is 1.09 bits per heavy atom. The molecule has 2 aliphatic heterocycles. The van der Waals surface area contributed by atoms with Gasteiger partial charge in [-0.2, -0.15) is 0 Å². The third-order valence-electron chi connectivity index (χ3n) is 8.19. The lowest BCUT2D eigenvalue weighted by molar-refractivity contribution is -0.124. The molecule has 1 fully saturated rings. The predicted octanol–water partition coefficient (Wildman–Crippen LogP) is 2.61. The van der Waals surface area contributed by atoms with E-state index in [0.717, 1.165) is 24.9 Å². The Hall–Kier alpha value is -3.93. The van der Waals surface area contributed by atoms with Crippen molar-refractivity contribution in [2.75, 3.05) is 40.3 Å². The number of carbonyl (C=O) groups excluding carboxylic acids is 4. The summed E-state index contributed by atoms with van der Waals surface area (Å²) in [5.41, 5.74) is 1.54. The Balaban J connectivity index is 1.46. The van der Waals surface area contributed by atoms with Crippen molar-refractivity contribution >= 4 is 23.8 Å². The molecular weight excluding hydrogens is 552 g/mol. The van der Waals surface area contributed by atoms with Crippen LogP contribution < -0.4 is 16.0 Å². The first-order valence-electron chi connectivity index (χ1n) is 15.1. The number of hydrogen-bond donors (Lipinski definition) is 3. The summed E-state index contributed by atoms with van der Waals surface area (Å²) in [7, 11) is 3.99. The number of carbonyl (C=O) groups is 4. The van der Waals surface area contributed by atoms with Crippen LogP contribution in [0.25, 0.3) is 0 Å². The summed E-state index contributed by atoms with van der Waals surface area (Å²) in [6.07, 6.45) is 3.21. The molecule has 4 amide bonds. The minimum Gasteiger partial charge on any atom is -0.445 e. The Bertz CT molecular complexity index is 1250. The van der Waals surface area contributed by atoms with Gasteiger partial charge in [0, 0.05) is 26.1 Å². The van der Waals surface area contributed by atoms with Gasteiger partial charge in [-0.1, -0.05) is 35.5 Å². The van der Waals surface area contributed by atoms with E-state index in [2.05, 4.69) is 26.0 Å². The molecule has 1 aromatic carbocycles. The summed E-state index contributed by atoms with van der Waals surface area (Å²) < 4.78 is 11.0. The zero-order valence-corrected chi connectivity index (χ0v) is 25.4. The maximum Gasteiger partial charge on any atom is 0.410 e. The molecule has 1 saturated heterocycles. The number of unbranched alkanes of at least 4 members (excludes halogenated alkanes) is 1. The van der Waals surface area contributed by atoms with Crippen molar-refractivity contribution < 1.29 is 28.4 Å². The quantitative estimate of drug-likeness (QED) is 0.414. The minimum absolute atomic E-state index is 0.0114. The molecule has 43 heavy (non-hydrogen) atoms. The molecule has 0 spiro atoms. The molecule has 3 N–H and O–H groups in total. The summed E-state index contributed by atoms with van der Waals surface area (Å²) in [6, 6.07) is 8.78. The third kappa shape index (κ3) is 9.28. The number of benzene rings is 1. The fourth-order valence-corrected chi connectivity index (χ4v) is 5.75. The summed E-state index contributed by atoms with van der Waals surface area (Å²) in [4.78, 5) is 56.3. The molecule has 4 rings (SSSR count). The van der Waals surface area contributed by atoms with Crippen molar-refractivity contribution in [1.82, 2.24) is 30.9 Å². The van der Waals surface area contributed by atoms with E-state index in [1.165, 1.54) is 0 Å². The van der Waals surface area contributed by atoms with Gasteiger partial charge in [0.1, 0.15) is 18.2 Å². The first kappa shape index (κ1) is 32.0. The van der Waals surface area contributed by atoms with E-state index in [4.69, 9.17) is 9.26 Å². The number of rotatable bonds is 7.